The van der Waals surface area contributed by atoms with E-state index in [1.54, 1.807) is 25.6 Å². The fourth-order valence-corrected chi connectivity index (χ4v) is 4.21. The maximum absolute atomic E-state index is 6.24. The summed E-state index contributed by atoms with van der Waals surface area (Å²) in [5, 5.41) is 9.72. The molecule has 0 spiro atoms. The molecule has 2 heterocycles. The smallest absolute Gasteiger partial charge is 0.124 e. The van der Waals surface area contributed by atoms with E-state index in [1.165, 1.54) is 4.88 Å². The average molecular weight is 399 g/mol. The third-order valence-corrected chi connectivity index (χ3v) is 5.74. The number of hydrazone groups is 1. The van der Waals surface area contributed by atoms with Crippen LogP contribution in [0.4, 0.5) is 5.69 Å². The Morgan fingerprint density at radius 3 is 2.67 bits per heavy atom. The van der Waals surface area contributed by atoms with Gasteiger partial charge < -0.3 is 9.47 Å². The van der Waals surface area contributed by atoms with Gasteiger partial charge in [-0.1, -0.05) is 23.7 Å². The molecule has 0 N–H and O–H groups in total. The van der Waals surface area contributed by atoms with E-state index in [1.807, 2.05) is 53.5 Å². The molecular formula is C21H19ClN2O2S. The summed E-state index contributed by atoms with van der Waals surface area (Å²) >= 11 is 7.94. The molecule has 1 atom stereocenters. The predicted molar refractivity (Wildman–Crippen MR) is 112 cm³/mol. The molecule has 0 bridgehead atoms. The van der Waals surface area contributed by atoms with Gasteiger partial charge in [-0.2, -0.15) is 5.10 Å². The second-order valence-electron chi connectivity index (χ2n) is 6.18. The van der Waals surface area contributed by atoms with Crippen molar-refractivity contribution in [1.29, 1.82) is 0 Å². The molecule has 0 radical (unpaired) electrons. The summed E-state index contributed by atoms with van der Waals surface area (Å²) in [6.07, 6.45) is 0.774. The van der Waals surface area contributed by atoms with Crippen LogP contribution in [0.15, 0.2) is 65.1 Å². The lowest BCUT2D eigenvalue weighted by molar-refractivity contribution is 0.395. The molecule has 0 fully saturated rings. The fourth-order valence-electron chi connectivity index (χ4n) is 3.30. The Kier molecular flexibility index (Phi) is 5.05. The number of nitrogens with zero attached hydrogens (tertiary/aromatic N) is 2. The van der Waals surface area contributed by atoms with E-state index >= 15 is 0 Å². The number of anilines is 1. The lowest BCUT2D eigenvalue weighted by Gasteiger charge is -2.25. The highest BCUT2D eigenvalue weighted by Gasteiger charge is 2.32. The SMILES string of the molecule is COc1ccc(OC)c(C2CC(c3cccs3)=NN2c2cccc(Cl)c2)c1. The lowest BCUT2D eigenvalue weighted by atomic mass is 9.99. The highest BCUT2D eigenvalue weighted by atomic mass is 35.5. The van der Waals surface area contributed by atoms with Gasteiger partial charge in [-0.05, 0) is 47.8 Å². The molecule has 1 aromatic heterocycles. The van der Waals surface area contributed by atoms with E-state index in [0.29, 0.717) is 5.02 Å². The summed E-state index contributed by atoms with van der Waals surface area (Å²) in [5.74, 6) is 1.61. The van der Waals surface area contributed by atoms with Gasteiger partial charge in [0, 0.05) is 17.0 Å². The molecule has 1 aliphatic heterocycles. The average Bonchev–Trinajstić information content (AvgIpc) is 3.37. The molecule has 0 saturated heterocycles. The van der Waals surface area contributed by atoms with Gasteiger partial charge in [0.05, 0.1) is 36.5 Å². The number of hydrogen-bond donors (Lipinski definition) is 0. The monoisotopic (exact) mass is 398 g/mol. The number of benzene rings is 2. The minimum atomic E-state index is -0.00869. The molecule has 2 aromatic carbocycles. The molecule has 1 unspecified atom stereocenters. The van der Waals surface area contributed by atoms with Crippen LogP contribution in [0.5, 0.6) is 11.5 Å². The van der Waals surface area contributed by atoms with Crippen LogP contribution in [-0.4, -0.2) is 19.9 Å². The maximum atomic E-state index is 6.24. The standard InChI is InChI=1S/C21H19ClN2O2S/c1-25-16-8-9-20(26-2)17(12-16)19-13-18(21-7-4-10-27-21)23-24(19)15-6-3-5-14(22)11-15/h3-12,19H,13H2,1-2H3. The molecule has 1 aliphatic rings. The molecule has 138 valence electrons. The number of thiophene rings is 1. The van der Waals surface area contributed by atoms with Gasteiger partial charge in [0.15, 0.2) is 0 Å². The highest BCUT2D eigenvalue weighted by Crippen LogP contribution is 2.42. The van der Waals surface area contributed by atoms with Gasteiger partial charge in [-0.15, -0.1) is 11.3 Å². The van der Waals surface area contributed by atoms with Gasteiger partial charge in [-0.3, -0.25) is 5.01 Å². The summed E-state index contributed by atoms with van der Waals surface area (Å²) in [5.41, 5.74) is 3.04. The van der Waals surface area contributed by atoms with Gasteiger partial charge in [0.2, 0.25) is 0 Å². The minimum absolute atomic E-state index is 0.00869. The largest absolute Gasteiger partial charge is 0.497 e. The number of rotatable bonds is 5. The van der Waals surface area contributed by atoms with E-state index in [9.17, 15) is 0 Å². The first-order valence-corrected chi connectivity index (χ1v) is 9.83. The van der Waals surface area contributed by atoms with Crippen LogP contribution in [0.1, 0.15) is 22.9 Å². The number of halogens is 1. The Bertz CT molecular complexity index is 972. The summed E-state index contributed by atoms with van der Waals surface area (Å²) in [6.45, 7) is 0. The third kappa shape index (κ3) is 3.53. The molecule has 0 saturated carbocycles. The van der Waals surface area contributed by atoms with Gasteiger partial charge >= 0.3 is 0 Å². The Labute approximate surface area is 167 Å². The molecular weight excluding hydrogens is 380 g/mol. The Balaban J connectivity index is 1.81. The quantitative estimate of drug-likeness (QED) is 0.546. The fraction of sp³-hybridized carbons (Fsp3) is 0.190. The molecule has 4 rings (SSSR count). The van der Waals surface area contributed by atoms with Crippen LogP contribution in [0, 0.1) is 0 Å². The molecule has 3 aromatic rings. The van der Waals surface area contributed by atoms with Crippen LogP contribution in [0.2, 0.25) is 5.02 Å². The van der Waals surface area contributed by atoms with Gasteiger partial charge in [0.1, 0.15) is 11.5 Å². The van der Waals surface area contributed by atoms with Crippen molar-refractivity contribution in [3.63, 3.8) is 0 Å². The van der Waals surface area contributed by atoms with Crippen molar-refractivity contribution in [2.75, 3.05) is 19.2 Å². The summed E-state index contributed by atoms with van der Waals surface area (Å²) < 4.78 is 11.1. The van der Waals surface area contributed by atoms with Crippen LogP contribution < -0.4 is 14.5 Å². The number of methoxy groups -OCH3 is 2. The Hall–Kier alpha value is -2.50. The first kappa shape index (κ1) is 17.9. The van der Waals surface area contributed by atoms with E-state index < -0.39 is 0 Å². The minimum Gasteiger partial charge on any atom is -0.497 e. The van der Waals surface area contributed by atoms with Crippen molar-refractivity contribution < 1.29 is 9.47 Å². The van der Waals surface area contributed by atoms with Gasteiger partial charge in [0.25, 0.3) is 0 Å². The molecule has 6 heteroatoms. The molecule has 0 aliphatic carbocycles. The zero-order valence-electron chi connectivity index (χ0n) is 15.1. The second-order valence-corrected chi connectivity index (χ2v) is 7.56. The first-order chi connectivity index (χ1) is 13.2. The van der Waals surface area contributed by atoms with E-state index in [2.05, 4.69) is 11.4 Å². The van der Waals surface area contributed by atoms with Crippen molar-refractivity contribution in [1.82, 2.24) is 0 Å². The Morgan fingerprint density at radius 1 is 1.07 bits per heavy atom. The number of hydrogen-bond acceptors (Lipinski definition) is 5. The van der Waals surface area contributed by atoms with Crippen molar-refractivity contribution in [2.24, 2.45) is 5.10 Å². The second kappa shape index (κ2) is 7.62. The topological polar surface area (TPSA) is 34.1 Å². The highest BCUT2D eigenvalue weighted by molar-refractivity contribution is 7.12. The third-order valence-electron chi connectivity index (χ3n) is 4.58. The van der Waals surface area contributed by atoms with E-state index in [0.717, 1.165) is 34.9 Å². The van der Waals surface area contributed by atoms with Crippen molar-refractivity contribution >= 4 is 34.3 Å². The normalized spacial score (nSPS) is 16.3. The zero-order valence-corrected chi connectivity index (χ0v) is 16.6. The zero-order chi connectivity index (χ0) is 18.8. The molecule has 0 amide bonds. The van der Waals surface area contributed by atoms with Crippen molar-refractivity contribution in [3.05, 3.63) is 75.4 Å². The van der Waals surface area contributed by atoms with Crippen molar-refractivity contribution in [2.45, 2.75) is 12.5 Å². The molecule has 27 heavy (non-hydrogen) atoms. The van der Waals surface area contributed by atoms with Crippen molar-refractivity contribution in [3.8, 4) is 11.5 Å². The van der Waals surface area contributed by atoms with E-state index in [-0.39, 0.29) is 6.04 Å². The van der Waals surface area contributed by atoms with Crippen LogP contribution in [0.25, 0.3) is 0 Å². The van der Waals surface area contributed by atoms with Crippen LogP contribution >= 0.6 is 22.9 Å². The van der Waals surface area contributed by atoms with Crippen LogP contribution in [0.3, 0.4) is 0 Å². The summed E-state index contributed by atoms with van der Waals surface area (Å²) in [7, 11) is 3.35. The Morgan fingerprint density at radius 2 is 1.96 bits per heavy atom. The van der Waals surface area contributed by atoms with Crippen LogP contribution in [-0.2, 0) is 0 Å². The predicted octanol–water partition coefficient (Wildman–Crippen LogP) is 5.77. The van der Waals surface area contributed by atoms with E-state index in [4.69, 9.17) is 26.2 Å². The maximum Gasteiger partial charge on any atom is 0.124 e. The summed E-state index contributed by atoms with van der Waals surface area (Å²) in [4.78, 5) is 1.17. The summed E-state index contributed by atoms with van der Waals surface area (Å²) in [6, 6.07) is 17.8. The number of ether oxygens (including phenoxy) is 2. The lowest BCUT2D eigenvalue weighted by Crippen LogP contribution is -2.19. The van der Waals surface area contributed by atoms with Gasteiger partial charge in [-0.25, -0.2) is 0 Å². The molecule has 4 nitrogen and oxygen atoms in total. The first-order valence-electron chi connectivity index (χ1n) is 8.57.